The van der Waals surface area contributed by atoms with Crippen LogP contribution >= 0.6 is 11.8 Å². The number of hydrogen-bond acceptors (Lipinski definition) is 5. The fourth-order valence-corrected chi connectivity index (χ4v) is 2.68. The van der Waals surface area contributed by atoms with Crippen molar-refractivity contribution in [1.29, 1.82) is 0 Å². The van der Waals surface area contributed by atoms with Gasteiger partial charge in [-0.1, -0.05) is 6.07 Å². The molecule has 0 atom stereocenters. The van der Waals surface area contributed by atoms with Gasteiger partial charge in [0.2, 0.25) is 5.69 Å². The smallest absolute Gasteiger partial charge is 0.319 e. The zero-order valence-electron chi connectivity index (χ0n) is 12.3. The van der Waals surface area contributed by atoms with E-state index < -0.39 is 10.8 Å². The van der Waals surface area contributed by atoms with Crippen molar-refractivity contribution in [2.75, 3.05) is 12.3 Å². The van der Waals surface area contributed by atoms with Gasteiger partial charge in [0.15, 0.2) is 0 Å². The Morgan fingerprint density at radius 3 is 2.86 bits per heavy atom. The second-order valence-corrected chi connectivity index (χ2v) is 5.91. The molecule has 1 amide bonds. The zero-order valence-corrected chi connectivity index (χ0v) is 13.1. The molecule has 2 aromatic rings. The molecule has 0 fully saturated rings. The lowest BCUT2D eigenvalue weighted by Crippen LogP contribution is -2.26. The maximum atomic E-state index is 11.8. The second kappa shape index (κ2) is 7.08. The van der Waals surface area contributed by atoms with Gasteiger partial charge in [-0.15, -0.1) is 11.8 Å². The number of nitro groups is 1. The number of thioether (sulfide) groups is 1. The normalized spacial score (nSPS) is 10.5. The van der Waals surface area contributed by atoms with Gasteiger partial charge in [0, 0.05) is 17.2 Å². The highest BCUT2D eigenvalue weighted by molar-refractivity contribution is 7.99. The van der Waals surface area contributed by atoms with Crippen molar-refractivity contribution in [3.05, 3.63) is 51.3 Å². The SMILES string of the molecule is Cc1ccc(SCCNC(=O)c2[nH]ncc2[N+](=O)[O-])cc1C. The molecule has 0 saturated carbocycles. The summed E-state index contributed by atoms with van der Waals surface area (Å²) in [5.41, 5.74) is 2.02. The van der Waals surface area contributed by atoms with Crippen molar-refractivity contribution >= 4 is 23.4 Å². The van der Waals surface area contributed by atoms with E-state index in [1.165, 1.54) is 11.1 Å². The monoisotopic (exact) mass is 320 g/mol. The zero-order chi connectivity index (χ0) is 16.1. The predicted molar refractivity (Wildman–Crippen MR) is 84.2 cm³/mol. The number of aromatic amines is 1. The number of amides is 1. The van der Waals surface area contributed by atoms with E-state index >= 15 is 0 Å². The predicted octanol–water partition coefficient (Wildman–Crippen LogP) is 2.46. The van der Waals surface area contributed by atoms with Crippen molar-refractivity contribution in [3.8, 4) is 0 Å². The molecular formula is C14H16N4O3S. The Labute approximate surface area is 131 Å². The van der Waals surface area contributed by atoms with Crippen LogP contribution in [0.15, 0.2) is 29.3 Å². The molecule has 0 radical (unpaired) electrons. The van der Waals surface area contributed by atoms with Crippen molar-refractivity contribution < 1.29 is 9.72 Å². The van der Waals surface area contributed by atoms with Crippen LogP contribution in [0.1, 0.15) is 21.6 Å². The molecule has 22 heavy (non-hydrogen) atoms. The minimum absolute atomic E-state index is 0.124. The number of carbonyl (C=O) groups excluding carboxylic acids is 1. The summed E-state index contributed by atoms with van der Waals surface area (Å²) in [5.74, 6) is 0.154. The summed E-state index contributed by atoms with van der Waals surface area (Å²) < 4.78 is 0. The van der Waals surface area contributed by atoms with Gasteiger partial charge in [-0.05, 0) is 37.1 Å². The third-order valence-corrected chi connectivity index (χ3v) is 4.17. The van der Waals surface area contributed by atoms with Gasteiger partial charge < -0.3 is 5.32 Å². The molecule has 2 N–H and O–H groups in total. The summed E-state index contributed by atoms with van der Waals surface area (Å²) in [6, 6.07) is 6.19. The third-order valence-electron chi connectivity index (χ3n) is 3.18. The molecule has 1 heterocycles. The van der Waals surface area contributed by atoms with Crippen LogP contribution in [0, 0.1) is 24.0 Å². The Kier molecular flexibility index (Phi) is 5.16. The number of nitrogens with zero attached hydrogens (tertiary/aromatic N) is 2. The molecule has 7 nitrogen and oxygen atoms in total. The van der Waals surface area contributed by atoms with Gasteiger partial charge >= 0.3 is 5.69 Å². The van der Waals surface area contributed by atoms with E-state index in [1.807, 2.05) is 6.07 Å². The largest absolute Gasteiger partial charge is 0.350 e. The van der Waals surface area contributed by atoms with Crippen LogP contribution in [0.2, 0.25) is 0 Å². The van der Waals surface area contributed by atoms with Crippen LogP contribution in [0.5, 0.6) is 0 Å². The lowest BCUT2D eigenvalue weighted by atomic mass is 10.1. The Morgan fingerprint density at radius 1 is 1.41 bits per heavy atom. The minimum Gasteiger partial charge on any atom is -0.350 e. The number of H-pyrrole nitrogens is 1. The van der Waals surface area contributed by atoms with Crippen molar-refractivity contribution in [3.63, 3.8) is 0 Å². The first-order chi connectivity index (χ1) is 10.5. The van der Waals surface area contributed by atoms with Crippen LogP contribution in [0.4, 0.5) is 5.69 Å². The maximum Gasteiger partial charge on any atom is 0.319 e. The van der Waals surface area contributed by atoms with E-state index in [-0.39, 0.29) is 11.4 Å². The molecule has 116 valence electrons. The van der Waals surface area contributed by atoms with E-state index in [1.54, 1.807) is 11.8 Å². The topological polar surface area (TPSA) is 101 Å². The van der Waals surface area contributed by atoms with Crippen LogP contribution in [-0.4, -0.2) is 33.3 Å². The standard InChI is InChI=1S/C14H16N4O3S/c1-9-3-4-11(7-10(9)2)22-6-5-15-14(19)13-12(18(20)21)8-16-17-13/h3-4,7-8H,5-6H2,1-2H3,(H,15,19)(H,16,17). The first-order valence-electron chi connectivity index (χ1n) is 6.65. The molecule has 2 rings (SSSR count). The average Bonchev–Trinajstić information content (AvgIpc) is 2.97. The molecular weight excluding hydrogens is 304 g/mol. The van der Waals surface area contributed by atoms with Gasteiger partial charge in [0.05, 0.1) is 4.92 Å². The van der Waals surface area contributed by atoms with Crippen molar-refractivity contribution in [2.24, 2.45) is 0 Å². The summed E-state index contributed by atoms with van der Waals surface area (Å²) in [6.45, 7) is 4.52. The summed E-state index contributed by atoms with van der Waals surface area (Å²) >= 11 is 1.62. The Bertz CT molecular complexity index is 699. The first kappa shape index (κ1) is 16.0. The van der Waals surface area contributed by atoms with Crippen LogP contribution in [-0.2, 0) is 0 Å². The molecule has 0 saturated heterocycles. The molecule has 0 aliphatic heterocycles. The fourth-order valence-electron chi connectivity index (χ4n) is 1.81. The van der Waals surface area contributed by atoms with Crippen molar-refractivity contribution in [1.82, 2.24) is 15.5 Å². The molecule has 8 heteroatoms. The highest BCUT2D eigenvalue weighted by Crippen LogP contribution is 2.20. The van der Waals surface area contributed by atoms with Gasteiger partial charge in [-0.2, -0.15) is 5.10 Å². The Hall–Kier alpha value is -2.35. The lowest BCUT2D eigenvalue weighted by molar-refractivity contribution is -0.385. The minimum atomic E-state index is -0.637. The molecule has 0 aliphatic rings. The van der Waals surface area contributed by atoms with Crippen LogP contribution < -0.4 is 5.32 Å². The summed E-state index contributed by atoms with van der Waals surface area (Å²) in [6.07, 6.45) is 1.03. The fraction of sp³-hybridized carbons (Fsp3) is 0.286. The highest BCUT2D eigenvalue weighted by Gasteiger charge is 2.22. The highest BCUT2D eigenvalue weighted by atomic mass is 32.2. The molecule has 1 aromatic heterocycles. The number of hydrogen-bond donors (Lipinski definition) is 2. The molecule has 0 bridgehead atoms. The summed E-state index contributed by atoms with van der Waals surface area (Å²) in [5, 5.41) is 19.2. The van der Waals surface area contributed by atoms with Gasteiger partial charge in [0.1, 0.15) is 6.20 Å². The van der Waals surface area contributed by atoms with Gasteiger partial charge in [-0.25, -0.2) is 0 Å². The van der Waals surface area contributed by atoms with E-state index in [9.17, 15) is 14.9 Å². The number of nitrogens with one attached hydrogen (secondary N) is 2. The molecule has 0 unspecified atom stereocenters. The molecule has 0 aliphatic carbocycles. The number of rotatable bonds is 6. The van der Waals surface area contributed by atoms with E-state index in [4.69, 9.17) is 0 Å². The average molecular weight is 320 g/mol. The Morgan fingerprint density at radius 2 is 2.18 bits per heavy atom. The van der Waals surface area contributed by atoms with E-state index in [0.29, 0.717) is 12.3 Å². The molecule has 1 aromatic carbocycles. The quantitative estimate of drug-likeness (QED) is 0.368. The number of carbonyl (C=O) groups is 1. The first-order valence-corrected chi connectivity index (χ1v) is 7.63. The van der Waals surface area contributed by atoms with E-state index in [2.05, 4.69) is 41.5 Å². The number of benzene rings is 1. The van der Waals surface area contributed by atoms with Gasteiger partial charge in [-0.3, -0.25) is 20.0 Å². The van der Waals surface area contributed by atoms with Crippen LogP contribution in [0.25, 0.3) is 0 Å². The molecule has 0 spiro atoms. The van der Waals surface area contributed by atoms with E-state index in [0.717, 1.165) is 11.1 Å². The lowest BCUT2D eigenvalue weighted by Gasteiger charge is -2.06. The number of aromatic nitrogens is 2. The number of aryl methyl sites for hydroxylation is 2. The van der Waals surface area contributed by atoms with Gasteiger partial charge in [0.25, 0.3) is 5.91 Å². The summed E-state index contributed by atoms with van der Waals surface area (Å²) in [4.78, 5) is 23.1. The third kappa shape index (κ3) is 3.85. The van der Waals surface area contributed by atoms with Crippen LogP contribution in [0.3, 0.4) is 0 Å². The Balaban J connectivity index is 1.83. The van der Waals surface area contributed by atoms with Crippen molar-refractivity contribution in [2.45, 2.75) is 18.7 Å². The maximum absolute atomic E-state index is 11.8. The summed E-state index contributed by atoms with van der Waals surface area (Å²) in [7, 11) is 0. The second-order valence-electron chi connectivity index (χ2n) is 4.74.